The molecule has 2 rings (SSSR count). The molecule has 0 fully saturated rings. The fourth-order valence-corrected chi connectivity index (χ4v) is 2.02. The van der Waals surface area contributed by atoms with E-state index in [1.807, 2.05) is 45.0 Å². The molecule has 1 aromatic carbocycles. The highest BCUT2D eigenvalue weighted by Gasteiger charge is 2.13. The van der Waals surface area contributed by atoms with E-state index >= 15 is 0 Å². The molecule has 0 aliphatic rings. The highest BCUT2D eigenvalue weighted by Crippen LogP contribution is 2.23. The Kier molecular flexibility index (Phi) is 4.03. The lowest BCUT2D eigenvalue weighted by Gasteiger charge is -2.17. The van der Waals surface area contributed by atoms with Gasteiger partial charge >= 0.3 is 5.97 Å². The number of aromatic carboxylic acids is 1. The quantitative estimate of drug-likeness (QED) is 0.891. The number of aryl methyl sites for hydroxylation is 2. The molecule has 1 aromatic heterocycles. The number of hydrogen-bond acceptors (Lipinski definition) is 3. The Labute approximate surface area is 118 Å². The number of carboxylic acid groups (broad SMARTS) is 1. The van der Waals surface area contributed by atoms with E-state index in [1.165, 1.54) is 11.8 Å². The third-order valence-electron chi connectivity index (χ3n) is 3.22. The Morgan fingerprint density at radius 3 is 2.50 bits per heavy atom. The fraction of sp³-hybridized carbons (Fsp3) is 0.250. The number of anilines is 1. The predicted molar refractivity (Wildman–Crippen MR) is 79.2 cm³/mol. The molecular weight excluding hydrogens is 252 g/mol. The van der Waals surface area contributed by atoms with Crippen molar-refractivity contribution in [3.05, 3.63) is 58.9 Å². The Bertz CT molecular complexity index is 621. The topological polar surface area (TPSA) is 62.2 Å². The summed E-state index contributed by atoms with van der Waals surface area (Å²) in [6.45, 7) is 5.88. The maximum atomic E-state index is 11.2. The SMILES string of the molecule is Cc1ccc(C(C)Nc2cc(C)ncc2C(=O)O)cc1. The van der Waals surface area contributed by atoms with Gasteiger partial charge in [0, 0.05) is 17.9 Å². The second-order valence-corrected chi connectivity index (χ2v) is 4.95. The first kappa shape index (κ1) is 14.1. The van der Waals surface area contributed by atoms with Gasteiger partial charge in [0.1, 0.15) is 5.56 Å². The van der Waals surface area contributed by atoms with Gasteiger partial charge in [-0.2, -0.15) is 0 Å². The molecule has 104 valence electrons. The van der Waals surface area contributed by atoms with E-state index in [-0.39, 0.29) is 11.6 Å². The summed E-state index contributed by atoms with van der Waals surface area (Å²) < 4.78 is 0. The van der Waals surface area contributed by atoms with Crippen molar-refractivity contribution in [2.24, 2.45) is 0 Å². The molecule has 0 amide bonds. The number of carbonyl (C=O) groups is 1. The minimum Gasteiger partial charge on any atom is -0.478 e. The van der Waals surface area contributed by atoms with Gasteiger partial charge in [-0.1, -0.05) is 29.8 Å². The molecule has 0 saturated heterocycles. The lowest BCUT2D eigenvalue weighted by atomic mass is 10.1. The number of aromatic nitrogens is 1. The van der Waals surface area contributed by atoms with Gasteiger partial charge in [-0.3, -0.25) is 4.98 Å². The average molecular weight is 270 g/mol. The molecule has 2 N–H and O–H groups in total. The maximum absolute atomic E-state index is 11.2. The number of nitrogens with zero attached hydrogens (tertiary/aromatic N) is 1. The number of benzene rings is 1. The van der Waals surface area contributed by atoms with Crippen LogP contribution in [0.4, 0.5) is 5.69 Å². The zero-order valence-corrected chi connectivity index (χ0v) is 11.8. The summed E-state index contributed by atoms with van der Waals surface area (Å²) in [6.07, 6.45) is 1.39. The Balaban J connectivity index is 2.27. The zero-order valence-electron chi connectivity index (χ0n) is 11.8. The number of rotatable bonds is 4. The molecule has 0 aliphatic carbocycles. The van der Waals surface area contributed by atoms with Crippen LogP contribution in [0.3, 0.4) is 0 Å². The maximum Gasteiger partial charge on any atom is 0.339 e. The average Bonchev–Trinajstić information content (AvgIpc) is 2.39. The Morgan fingerprint density at radius 1 is 1.25 bits per heavy atom. The van der Waals surface area contributed by atoms with Crippen molar-refractivity contribution in [3.63, 3.8) is 0 Å². The fourth-order valence-electron chi connectivity index (χ4n) is 2.02. The molecule has 0 radical (unpaired) electrons. The van der Waals surface area contributed by atoms with Gasteiger partial charge in [-0.15, -0.1) is 0 Å². The van der Waals surface area contributed by atoms with Crippen LogP contribution in [0.1, 0.15) is 40.1 Å². The molecule has 4 heteroatoms. The Hall–Kier alpha value is -2.36. The van der Waals surface area contributed by atoms with E-state index < -0.39 is 5.97 Å². The molecule has 2 aromatic rings. The van der Waals surface area contributed by atoms with Crippen molar-refractivity contribution in [1.82, 2.24) is 4.98 Å². The minimum atomic E-state index is -0.976. The first-order valence-electron chi connectivity index (χ1n) is 6.50. The third-order valence-corrected chi connectivity index (χ3v) is 3.22. The zero-order chi connectivity index (χ0) is 14.7. The smallest absolute Gasteiger partial charge is 0.339 e. The van der Waals surface area contributed by atoms with Crippen LogP contribution >= 0.6 is 0 Å². The van der Waals surface area contributed by atoms with Crippen LogP contribution in [0.5, 0.6) is 0 Å². The minimum absolute atomic E-state index is 0.0236. The van der Waals surface area contributed by atoms with Crippen molar-refractivity contribution in [2.75, 3.05) is 5.32 Å². The predicted octanol–water partition coefficient (Wildman–Crippen LogP) is 3.57. The first-order valence-corrected chi connectivity index (χ1v) is 6.50. The highest BCUT2D eigenvalue weighted by atomic mass is 16.4. The summed E-state index contributed by atoms with van der Waals surface area (Å²) >= 11 is 0. The summed E-state index contributed by atoms with van der Waals surface area (Å²) in [7, 11) is 0. The van der Waals surface area contributed by atoms with E-state index in [4.69, 9.17) is 0 Å². The van der Waals surface area contributed by atoms with Gasteiger partial charge in [0.2, 0.25) is 0 Å². The van der Waals surface area contributed by atoms with Gasteiger partial charge in [-0.25, -0.2) is 4.79 Å². The molecule has 4 nitrogen and oxygen atoms in total. The van der Waals surface area contributed by atoms with Crippen LogP contribution in [0.25, 0.3) is 0 Å². The molecule has 1 unspecified atom stereocenters. The summed E-state index contributed by atoms with van der Waals surface area (Å²) in [5, 5.41) is 12.4. The summed E-state index contributed by atoms with van der Waals surface area (Å²) in [6, 6.07) is 9.96. The van der Waals surface area contributed by atoms with Gasteiger partial charge < -0.3 is 10.4 Å². The van der Waals surface area contributed by atoms with Gasteiger partial charge in [0.05, 0.1) is 5.69 Å². The number of carboxylic acids is 1. The molecular formula is C16H18N2O2. The van der Waals surface area contributed by atoms with Crippen LogP contribution in [-0.4, -0.2) is 16.1 Å². The second-order valence-electron chi connectivity index (χ2n) is 4.95. The van der Waals surface area contributed by atoms with Gasteiger partial charge in [-0.05, 0) is 32.4 Å². The third kappa shape index (κ3) is 3.15. The van der Waals surface area contributed by atoms with Crippen LogP contribution in [0.15, 0.2) is 36.5 Å². The molecule has 20 heavy (non-hydrogen) atoms. The van der Waals surface area contributed by atoms with E-state index in [0.29, 0.717) is 5.69 Å². The molecule has 0 aliphatic heterocycles. The van der Waals surface area contributed by atoms with Crippen molar-refractivity contribution in [1.29, 1.82) is 0 Å². The molecule has 1 heterocycles. The second kappa shape index (κ2) is 5.74. The molecule has 1 atom stereocenters. The van der Waals surface area contributed by atoms with Crippen LogP contribution in [0.2, 0.25) is 0 Å². The standard InChI is InChI=1S/C16H18N2O2/c1-10-4-6-13(7-5-10)12(3)18-15-8-11(2)17-9-14(15)16(19)20/h4-9,12H,1-3H3,(H,17,18)(H,19,20). The van der Waals surface area contributed by atoms with Crippen molar-refractivity contribution >= 4 is 11.7 Å². The van der Waals surface area contributed by atoms with E-state index in [0.717, 1.165) is 11.3 Å². The normalized spacial score (nSPS) is 11.9. The summed E-state index contributed by atoms with van der Waals surface area (Å²) in [5.41, 5.74) is 3.88. The number of hydrogen-bond donors (Lipinski definition) is 2. The summed E-state index contributed by atoms with van der Waals surface area (Å²) in [4.78, 5) is 15.2. The Morgan fingerprint density at radius 2 is 1.90 bits per heavy atom. The van der Waals surface area contributed by atoms with Crippen LogP contribution in [0, 0.1) is 13.8 Å². The van der Waals surface area contributed by atoms with E-state index in [1.54, 1.807) is 6.07 Å². The molecule has 0 saturated carbocycles. The highest BCUT2D eigenvalue weighted by molar-refractivity contribution is 5.93. The lowest BCUT2D eigenvalue weighted by molar-refractivity contribution is 0.0697. The molecule has 0 spiro atoms. The van der Waals surface area contributed by atoms with Gasteiger partial charge in [0.15, 0.2) is 0 Å². The van der Waals surface area contributed by atoms with Crippen molar-refractivity contribution in [3.8, 4) is 0 Å². The van der Waals surface area contributed by atoms with Gasteiger partial charge in [0.25, 0.3) is 0 Å². The largest absolute Gasteiger partial charge is 0.478 e. The van der Waals surface area contributed by atoms with Crippen LogP contribution in [-0.2, 0) is 0 Å². The number of nitrogens with one attached hydrogen (secondary N) is 1. The molecule has 0 bridgehead atoms. The monoisotopic (exact) mass is 270 g/mol. The van der Waals surface area contributed by atoms with Crippen molar-refractivity contribution < 1.29 is 9.90 Å². The lowest BCUT2D eigenvalue weighted by Crippen LogP contribution is -2.11. The van der Waals surface area contributed by atoms with E-state index in [9.17, 15) is 9.90 Å². The van der Waals surface area contributed by atoms with Crippen LogP contribution < -0.4 is 5.32 Å². The van der Waals surface area contributed by atoms with E-state index in [2.05, 4.69) is 10.3 Å². The van der Waals surface area contributed by atoms with Crippen molar-refractivity contribution in [2.45, 2.75) is 26.8 Å². The summed E-state index contributed by atoms with van der Waals surface area (Å²) in [5.74, 6) is -0.976. The first-order chi connectivity index (χ1) is 9.47. The number of pyridine rings is 1.